The van der Waals surface area contributed by atoms with Crippen LogP contribution in [0.15, 0.2) is 24.3 Å². The van der Waals surface area contributed by atoms with Crippen molar-refractivity contribution in [2.45, 2.75) is 25.9 Å². The van der Waals surface area contributed by atoms with Crippen LogP contribution in [0, 0.1) is 5.82 Å². The van der Waals surface area contributed by atoms with E-state index in [1.54, 1.807) is 19.9 Å². The van der Waals surface area contributed by atoms with Crippen molar-refractivity contribution >= 4 is 5.69 Å². The van der Waals surface area contributed by atoms with E-state index in [1.165, 1.54) is 12.1 Å². The summed E-state index contributed by atoms with van der Waals surface area (Å²) in [6.45, 7) is 4.24. The SMILES string of the molecule is CN(CCC(C)(C)O)c1cccc(F)c1. The summed E-state index contributed by atoms with van der Waals surface area (Å²) in [5.74, 6) is -0.234. The third-order valence-electron chi connectivity index (χ3n) is 2.31. The van der Waals surface area contributed by atoms with Gasteiger partial charge in [0.15, 0.2) is 0 Å². The highest BCUT2D eigenvalue weighted by molar-refractivity contribution is 5.45. The standard InChI is InChI=1S/C12H18FNO/c1-12(2,15)7-8-14(3)11-6-4-5-10(13)9-11/h4-6,9,15H,7-8H2,1-3H3. The molecule has 2 nitrogen and oxygen atoms in total. The van der Waals surface area contributed by atoms with E-state index in [2.05, 4.69) is 0 Å². The van der Waals surface area contributed by atoms with Crippen molar-refractivity contribution < 1.29 is 9.50 Å². The predicted octanol–water partition coefficient (Wildman–Crippen LogP) is 2.42. The number of hydrogen-bond acceptors (Lipinski definition) is 2. The zero-order valence-corrected chi connectivity index (χ0v) is 9.50. The van der Waals surface area contributed by atoms with Crippen molar-refractivity contribution in [1.82, 2.24) is 0 Å². The van der Waals surface area contributed by atoms with Gasteiger partial charge in [0.05, 0.1) is 5.60 Å². The Morgan fingerprint density at radius 3 is 2.60 bits per heavy atom. The summed E-state index contributed by atoms with van der Waals surface area (Å²) in [4.78, 5) is 1.93. The fourth-order valence-electron chi connectivity index (χ4n) is 1.28. The van der Waals surface area contributed by atoms with Gasteiger partial charge in [0, 0.05) is 19.3 Å². The molecule has 0 aliphatic rings. The van der Waals surface area contributed by atoms with Gasteiger partial charge in [-0.25, -0.2) is 4.39 Å². The number of nitrogens with zero attached hydrogens (tertiary/aromatic N) is 1. The van der Waals surface area contributed by atoms with Crippen molar-refractivity contribution in [3.05, 3.63) is 30.1 Å². The Hall–Kier alpha value is -1.09. The zero-order valence-electron chi connectivity index (χ0n) is 9.50. The summed E-state index contributed by atoms with van der Waals surface area (Å²) in [6, 6.07) is 6.45. The minimum absolute atomic E-state index is 0.234. The molecule has 0 unspecified atom stereocenters. The highest BCUT2D eigenvalue weighted by atomic mass is 19.1. The summed E-state index contributed by atoms with van der Waals surface area (Å²) in [7, 11) is 1.89. The molecule has 0 aliphatic heterocycles. The quantitative estimate of drug-likeness (QED) is 0.826. The highest BCUT2D eigenvalue weighted by Crippen LogP contribution is 2.16. The third-order valence-corrected chi connectivity index (χ3v) is 2.31. The van der Waals surface area contributed by atoms with Crippen LogP contribution in [0.3, 0.4) is 0 Å². The van der Waals surface area contributed by atoms with E-state index in [0.717, 1.165) is 5.69 Å². The van der Waals surface area contributed by atoms with E-state index >= 15 is 0 Å². The van der Waals surface area contributed by atoms with E-state index in [4.69, 9.17) is 0 Å². The molecule has 84 valence electrons. The Labute approximate surface area is 90.3 Å². The van der Waals surface area contributed by atoms with Gasteiger partial charge >= 0.3 is 0 Å². The van der Waals surface area contributed by atoms with Crippen LogP contribution >= 0.6 is 0 Å². The molecule has 0 bridgehead atoms. The van der Waals surface area contributed by atoms with Gasteiger partial charge in [-0.3, -0.25) is 0 Å². The maximum atomic E-state index is 12.9. The number of halogens is 1. The van der Waals surface area contributed by atoms with Crippen LogP contribution in [-0.4, -0.2) is 24.3 Å². The molecule has 0 atom stereocenters. The molecular formula is C12H18FNO. The Kier molecular flexibility index (Phi) is 3.69. The van der Waals surface area contributed by atoms with Crippen LogP contribution in [-0.2, 0) is 0 Å². The number of aliphatic hydroxyl groups is 1. The first kappa shape index (κ1) is 12.0. The Balaban J connectivity index is 2.58. The lowest BCUT2D eigenvalue weighted by Gasteiger charge is -2.24. The fourth-order valence-corrected chi connectivity index (χ4v) is 1.28. The van der Waals surface area contributed by atoms with Gasteiger partial charge in [0.25, 0.3) is 0 Å². The first-order chi connectivity index (χ1) is 6.88. The average Bonchev–Trinajstić information content (AvgIpc) is 2.13. The molecule has 1 N–H and O–H groups in total. The first-order valence-electron chi connectivity index (χ1n) is 5.07. The van der Waals surface area contributed by atoms with E-state index in [-0.39, 0.29) is 5.82 Å². The smallest absolute Gasteiger partial charge is 0.125 e. The van der Waals surface area contributed by atoms with E-state index < -0.39 is 5.60 Å². The van der Waals surface area contributed by atoms with Crippen LogP contribution in [0.4, 0.5) is 10.1 Å². The lowest BCUT2D eigenvalue weighted by atomic mass is 10.1. The van der Waals surface area contributed by atoms with Crippen molar-refractivity contribution in [3.63, 3.8) is 0 Å². The third kappa shape index (κ3) is 4.30. The van der Waals surface area contributed by atoms with Crippen LogP contribution in [0.5, 0.6) is 0 Å². The molecule has 3 heteroatoms. The monoisotopic (exact) mass is 211 g/mol. The molecule has 0 aromatic heterocycles. The molecule has 0 aliphatic carbocycles. The van der Waals surface area contributed by atoms with E-state index in [9.17, 15) is 9.50 Å². The zero-order chi connectivity index (χ0) is 11.5. The molecule has 0 heterocycles. The summed E-state index contributed by atoms with van der Waals surface area (Å²) in [5, 5.41) is 9.57. The molecule has 0 saturated heterocycles. The van der Waals surface area contributed by atoms with Crippen LogP contribution in [0.2, 0.25) is 0 Å². The molecule has 0 amide bonds. The summed E-state index contributed by atoms with van der Waals surface area (Å²) in [5.41, 5.74) is 0.154. The maximum absolute atomic E-state index is 12.9. The van der Waals surface area contributed by atoms with E-state index in [0.29, 0.717) is 13.0 Å². The molecule has 1 aromatic rings. The van der Waals surface area contributed by atoms with E-state index in [1.807, 2.05) is 18.0 Å². The first-order valence-corrected chi connectivity index (χ1v) is 5.07. The minimum atomic E-state index is -0.679. The van der Waals surface area contributed by atoms with Crippen LogP contribution < -0.4 is 4.90 Å². The second-order valence-corrected chi connectivity index (χ2v) is 4.46. The number of hydrogen-bond donors (Lipinski definition) is 1. The van der Waals surface area contributed by atoms with Gasteiger partial charge in [0.2, 0.25) is 0 Å². The predicted molar refractivity (Wildman–Crippen MR) is 60.6 cm³/mol. The van der Waals surface area contributed by atoms with Crippen molar-refractivity contribution in [1.29, 1.82) is 0 Å². The highest BCUT2D eigenvalue weighted by Gasteiger charge is 2.13. The van der Waals surface area contributed by atoms with Crippen LogP contribution in [0.25, 0.3) is 0 Å². The number of benzene rings is 1. The van der Waals surface area contributed by atoms with Gasteiger partial charge in [-0.2, -0.15) is 0 Å². The number of anilines is 1. The summed E-state index contributed by atoms with van der Waals surface area (Å²) >= 11 is 0. The Morgan fingerprint density at radius 1 is 1.40 bits per heavy atom. The second kappa shape index (κ2) is 4.62. The second-order valence-electron chi connectivity index (χ2n) is 4.46. The van der Waals surface area contributed by atoms with Crippen molar-refractivity contribution in [2.24, 2.45) is 0 Å². The van der Waals surface area contributed by atoms with Gasteiger partial charge in [-0.1, -0.05) is 6.07 Å². The van der Waals surface area contributed by atoms with Crippen molar-refractivity contribution in [2.75, 3.05) is 18.5 Å². The summed E-state index contributed by atoms with van der Waals surface area (Å²) in [6.07, 6.45) is 0.653. The number of rotatable bonds is 4. The van der Waals surface area contributed by atoms with Gasteiger partial charge in [-0.15, -0.1) is 0 Å². The topological polar surface area (TPSA) is 23.5 Å². The maximum Gasteiger partial charge on any atom is 0.125 e. The molecule has 15 heavy (non-hydrogen) atoms. The van der Waals surface area contributed by atoms with Gasteiger partial charge < -0.3 is 10.0 Å². The molecular weight excluding hydrogens is 193 g/mol. The molecule has 1 aromatic carbocycles. The molecule has 0 spiro atoms. The lowest BCUT2D eigenvalue weighted by molar-refractivity contribution is 0.0734. The molecule has 1 rings (SSSR count). The van der Waals surface area contributed by atoms with Crippen LogP contribution in [0.1, 0.15) is 20.3 Å². The Bertz CT molecular complexity index is 320. The normalized spacial score (nSPS) is 11.5. The fraction of sp³-hybridized carbons (Fsp3) is 0.500. The molecule has 0 saturated carbocycles. The van der Waals surface area contributed by atoms with Gasteiger partial charge in [-0.05, 0) is 38.5 Å². The Morgan fingerprint density at radius 2 is 2.07 bits per heavy atom. The largest absolute Gasteiger partial charge is 0.390 e. The molecule has 0 fully saturated rings. The average molecular weight is 211 g/mol. The lowest BCUT2D eigenvalue weighted by Crippen LogP contribution is -2.28. The summed E-state index contributed by atoms with van der Waals surface area (Å²) < 4.78 is 12.9. The van der Waals surface area contributed by atoms with Crippen molar-refractivity contribution in [3.8, 4) is 0 Å². The van der Waals surface area contributed by atoms with Gasteiger partial charge in [0.1, 0.15) is 5.82 Å². The molecule has 0 radical (unpaired) electrons. The minimum Gasteiger partial charge on any atom is -0.390 e.